The minimum absolute atomic E-state index is 0.0759. The summed E-state index contributed by atoms with van der Waals surface area (Å²) in [7, 11) is 0. The zero-order valence-corrected chi connectivity index (χ0v) is 15.6. The number of carbonyl (C=O) groups is 1. The van der Waals surface area contributed by atoms with Gasteiger partial charge in [-0.05, 0) is 36.4 Å². The molecule has 1 amide bonds. The second-order valence-corrected chi connectivity index (χ2v) is 6.56. The number of ether oxygens (including phenoxy) is 1. The average molecular weight is 377 g/mol. The van der Waals surface area contributed by atoms with Gasteiger partial charge in [-0.3, -0.25) is 9.78 Å². The van der Waals surface area contributed by atoms with E-state index in [0.717, 1.165) is 43.5 Å². The number of amides is 1. The molecule has 0 radical (unpaired) electrons. The van der Waals surface area contributed by atoms with Crippen LogP contribution in [-0.2, 0) is 11.3 Å². The summed E-state index contributed by atoms with van der Waals surface area (Å²) in [5.41, 5.74) is 2.60. The van der Waals surface area contributed by atoms with Gasteiger partial charge in [-0.25, -0.2) is 4.98 Å². The maximum Gasteiger partial charge on any atom is 0.251 e. The minimum atomic E-state index is -0.0759. The Kier molecular flexibility index (Phi) is 5.63. The van der Waals surface area contributed by atoms with Crippen molar-refractivity contribution in [1.29, 1.82) is 0 Å². The van der Waals surface area contributed by atoms with E-state index in [1.807, 2.05) is 53.2 Å². The van der Waals surface area contributed by atoms with Crippen molar-refractivity contribution >= 4 is 11.6 Å². The average Bonchev–Trinajstić information content (AvgIpc) is 3.23. The number of morpholine rings is 1. The summed E-state index contributed by atoms with van der Waals surface area (Å²) in [6.45, 7) is 4.40. The molecule has 28 heavy (non-hydrogen) atoms. The van der Waals surface area contributed by atoms with Crippen molar-refractivity contribution in [2.45, 2.75) is 6.54 Å². The second kappa shape index (κ2) is 8.67. The van der Waals surface area contributed by atoms with Crippen molar-refractivity contribution in [2.75, 3.05) is 37.7 Å². The third kappa shape index (κ3) is 4.20. The molecule has 2 aromatic heterocycles. The molecule has 0 bridgehead atoms. The van der Waals surface area contributed by atoms with Gasteiger partial charge in [0.1, 0.15) is 5.69 Å². The highest BCUT2D eigenvalue weighted by Crippen LogP contribution is 2.17. The van der Waals surface area contributed by atoms with E-state index in [4.69, 9.17) is 4.74 Å². The van der Waals surface area contributed by atoms with Crippen LogP contribution in [0.25, 0.3) is 11.5 Å². The molecule has 3 aromatic rings. The molecule has 4 rings (SSSR count). The fourth-order valence-electron chi connectivity index (χ4n) is 3.26. The highest BCUT2D eigenvalue weighted by molar-refractivity contribution is 5.94. The third-order valence-electron chi connectivity index (χ3n) is 4.75. The van der Waals surface area contributed by atoms with Gasteiger partial charge in [0.15, 0.2) is 5.82 Å². The molecule has 7 nitrogen and oxygen atoms in total. The van der Waals surface area contributed by atoms with Crippen LogP contribution in [0.5, 0.6) is 0 Å². The molecule has 0 aliphatic carbocycles. The first-order chi connectivity index (χ1) is 13.8. The number of benzene rings is 1. The lowest BCUT2D eigenvalue weighted by molar-refractivity contribution is 0.0952. The van der Waals surface area contributed by atoms with Crippen molar-refractivity contribution < 1.29 is 9.53 Å². The molecule has 0 saturated carbocycles. The summed E-state index contributed by atoms with van der Waals surface area (Å²) in [6, 6.07) is 13.5. The van der Waals surface area contributed by atoms with Crippen molar-refractivity contribution in [1.82, 2.24) is 19.9 Å². The van der Waals surface area contributed by atoms with E-state index in [1.165, 1.54) is 0 Å². The molecule has 1 aliphatic rings. The number of carbonyl (C=O) groups excluding carboxylic acids is 1. The topological polar surface area (TPSA) is 72.3 Å². The van der Waals surface area contributed by atoms with Crippen LogP contribution in [0, 0.1) is 0 Å². The Morgan fingerprint density at radius 3 is 2.61 bits per heavy atom. The summed E-state index contributed by atoms with van der Waals surface area (Å²) in [4.78, 5) is 23.4. The van der Waals surface area contributed by atoms with E-state index in [9.17, 15) is 4.79 Å². The Bertz CT molecular complexity index is 902. The summed E-state index contributed by atoms with van der Waals surface area (Å²) in [5, 5.41) is 2.97. The fourth-order valence-corrected chi connectivity index (χ4v) is 3.26. The highest BCUT2D eigenvalue weighted by atomic mass is 16.5. The monoisotopic (exact) mass is 377 g/mol. The lowest BCUT2D eigenvalue weighted by atomic mass is 10.1. The zero-order valence-electron chi connectivity index (χ0n) is 15.6. The number of anilines is 1. The lowest BCUT2D eigenvalue weighted by Crippen LogP contribution is -2.36. The highest BCUT2D eigenvalue weighted by Gasteiger charge is 2.12. The molecule has 0 atom stereocenters. The number of hydrogen-bond acceptors (Lipinski definition) is 5. The van der Waals surface area contributed by atoms with E-state index >= 15 is 0 Å². The summed E-state index contributed by atoms with van der Waals surface area (Å²) in [5.74, 6) is 0.720. The van der Waals surface area contributed by atoms with Crippen LogP contribution in [0.1, 0.15) is 10.4 Å². The largest absolute Gasteiger partial charge is 0.378 e. The molecular formula is C21H23N5O2. The van der Waals surface area contributed by atoms with Gasteiger partial charge >= 0.3 is 0 Å². The Labute approximate surface area is 164 Å². The van der Waals surface area contributed by atoms with E-state index in [0.29, 0.717) is 18.7 Å². The summed E-state index contributed by atoms with van der Waals surface area (Å²) >= 11 is 0. The van der Waals surface area contributed by atoms with Gasteiger partial charge in [-0.15, -0.1) is 0 Å². The van der Waals surface area contributed by atoms with Gasteiger partial charge in [0.2, 0.25) is 0 Å². The van der Waals surface area contributed by atoms with Crippen molar-refractivity contribution in [2.24, 2.45) is 0 Å². The maximum absolute atomic E-state index is 12.4. The molecule has 1 saturated heterocycles. The van der Waals surface area contributed by atoms with Crippen molar-refractivity contribution in [3.8, 4) is 11.5 Å². The smallest absolute Gasteiger partial charge is 0.251 e. The SMILES string of the molecule is O=C(NCCn1ccnc1-c1ccccn1)c1ccc(N2CCOCC2)cc1. The number of hydrogen-bond donors (Lipinski definition) is 1. The molecule has 1 N–H and O–H groups in total. The molecule has 1 aromatic carbocycles. The predicted molar refractivity (Wildman–Crippen MR) is 107 cm³/mol. The zero-order chi connectivity index (χ0) is 19.2. The van der Waals surface area contributed by atoms with Crippen LogP contribution in [0.2, 0.25) is 0 Å². The second-order valence-electron chi connectivity index (χ2n) is 6.56. The number of nitrogens with zero attached hydrogens (tertiary/aromatic N) is 4. The minimum Gasteiger partial charge on any atom is -0.378 e. The standard InChI is InChI=1S/C21H23N5O2/c27-21(17-4-6-18(7-5-17)25-13-15-28-16-14-25)24-10-12-26-11-9-23-20(26)19-3-1-2-8-22-19/h1-9,11H,10,12-16H2,(H,24,27). The maximum atomic E-state index is 12.4. The third-order valence-corrected chi connectivity index (χ3v) is 4.75. The first kappa shape index (κ1) is 18.2. The van der Waals surface area contributed by atoms with Crippen LogP contribution < -0.4 is 10.2 Å². The van der Waals surface area contributed by atoms with Gasteiger partial charge in [0.25, 0.3) is 5.91 Å². The number of pyridine rings is 1. The van der Waals surface area contributed by atoms with Gasteiger partial charge in [-0.2, -0.15) is 0 Å². The number of rotatable bonds is 6. The lowest BCUT2D eigenvalue weighted by Gasteiger charge is -2.28. The van der Waals surface area contributed by atoms with Crippen LogP contribution >= 0.6 is 0 Å². The van der Waals surface area contributed by atoms with E-state index in [-0.39, 0.29) is 5.91 Å². The van der Waals surface area contributed by atoms with Crippen LogP contribution in [0.3, 0.4) is 0 Å². The van der Waals surface area contributed by atoms with Gasteiger partial charge in [0, 0.05) is 56.0 Å². The van der Waals surface area contributed by atoms with Gasteiger partial charge < -0.3 is 19.5 Å². The number of nitrogens with one attached hydrogen (secondary N) is 1. The molecule has 7 heteroatoms. The van der Waals surface area contributed by atoms with Crippen LogP contribution in [0.15, 0.2) is 61.1 Å². The molecule has 144 valence electrons. The van der Waals surface area contributed by atoms with Crippen molar-refractivity contribution in [3.05, 3.63) is 66.6 Å². The Morgan fingerprint density at radius 2 is 1.86 bits per heavy atom. The Morgan fingerprint density at radius 1 is 1.04 bits per heavy atom. The summed E-state index contributed by atoms with van der Waals surface area (Å²) < 4.78 is 7.37. The first-order valence-electron chi connectivity index (χ1n) is 9.45. The molecule has 3 heterocycles. The van der Waals surface area contributed by atoms with E-state index in [1.54, 1.807) is 12.4 Å². The molecule has 0 spiro atoms. The summed E-state index contributed by atoms with van der Waals surface area (Å²) in [6.07, 6.45) is 5.39. The van der Waals surface area contributed by atoms with E-state index in [2.05, 4.69) is 20.2 Å². The van der Waals surface area contributed by atoms with Gasteiger partial charge in [-0.1, -0.05) is 6.07 Å². The first-order valence-corrected chi connectivity index (χ1v) is 9.45. The van der Waals surface area contributed by atoms with E-state index < -0.39 is 0 Å². The Balaban J connectivity index is 1.32. The predicted octanol–water partition coefficient (Wildman–Crippen LogP) is 2.21. The fraction of sp³-hybridized carbons (Fsp3) is 0.286. The number of imidazole rings is 1. The normalized spacial score (nSPS) is 14.1. The quantitative estimate of drug-likeness (QED) is 0.713. The molecule has 1 fully saturated rings. The van der Waals surface area contributed by atoms with Crippen molar-refractivity contribution in [3.63, 3.8) is 0 Å². The number of aromatic nitrogens is 3. The molecular weight excluding hydrogens is 354 g/mol. The van der Waals surface area contributed by atoms with Gasteiger partial charge in [0.05, 0.1) is 13.2 Å². The molecule has 1 aliphatic heterocycles. The van der Waals surface area contributed by atoms with Crippen LogP contribution in [-0.4, -0.2) is 53.3 Å². The van der Waals surface area contributed by atoms with Crippen LogP contribution in [0.4, 0.5) is 5.69 Å². The molecule has 0 unspecified atom stereocenters. The Hall–Kier alpha value is -3.19.